The number of fused-ring (bicyclic) bond motifs is 1. The van der Waals surface area contributed by atoms with Gasteiger partial charge in [-0.2, -0.15) is 0 Å². The van der Waals surface area contributed by atoms with Gasteiger partial charge in [0.1, 0.15) is 25.6 Å². The molecule has 0 radical (unpaired) electrons. The number of anilines is 2. The van der Waals surface area contributed by atoms with Crippen LogP contribution in [0.15, 0.2) is 71.6 Å². The monoisotopic (exact) mass is 476 g/mol. The zero-order valence-electron chi connectivity index (χ0n) is 16.6. The van der Waals surface area contributed by atoms with Gasteiger partial charge < -0.3 is 14.8 Å². The highest BCUT2D eigenvalue weighted by atomic mass is 35.5. The highest BCUT2D eigenvalue weighted by molar-refractivity contribution is 7.92. The molecule has 1 heterocycles. The van der Waals surface area contributed by atoms with E-state index in [1.54, 1.807) is 18.2 Å². The Kier molecular flexibility index (Phi) is 6.20. The molecular weight excluding hydrogens is 459 g/mol. The molecule has 1 N–H and O–H groups in total. The van der Waals surface area contributed by atoms with Crippen LogP contribution in [0.2, 0.25) is 5.02 Å². The Hall–Kier alpha value is -3.30. The standard InChI is InChI=1S/C22H18ClFN2O5S/c23-15-2-1-3-17(12-15)25-22(27)14-26(18-6-4-16(24)5-7-18)32(28,29)19-8-9-20-21(13-19)31-11-10-30-20/h1-9,12-13H,10-11,14H2,(H,25,27). The van der Waals surface area contributed by atoms with E-state index in [0.717, 1.165) is 16.4 Å². The number of amides is 1. The Balaban J connectivity index is 1.67. The molecule has 1 aliphatic heterocycles. The molecule has 3 aromatic rings. The predicted molar refractivity (Wildman–Crippen MR) is 118 cm³/mol. The summed E-state index contributed by atoms with van der Waals surface area (Å²) in [5, 5.41) is 3.04. The summed E-state index contributed by atoms with van der Waals surface area (Å²) in [6, 6.07) is 15.5. The van der Waals surface area contributed by atoms with Crippen molar-refractivity contribution in [3.8, 4) is 11.5 Å². The van der Waals surface area contributed by atoms with Crippen LogP contribution in [0, 0.1) is 5.82 Å². The first-order valence-electron chi connectivity index (χ1n) is 9.56. The minimum atomic E-state index is -4.21. The van der Waals surface area contributed by atoms with E-state index < -0.39 is 28.3 Å². The Labute approximate surface area is 189 Å². The topological polar surface area (TPSA) is 84.9 Å². The molecule has 10 heteroatoms. The maximum absolute atomic E-state index is 13.5. The van der Waals surface area contributed by atoms with E-state index in [-0.39, 0.29) is 10.6 Å². The van der Waals surface area contributed by atoms with Gasteiger partial charge in [0.05, 0.1) is 10.6 Å². The molecule has 0 saturated heterocycles. The molecule has 0 aromatic heterocycles. The lowest BCUT2D eigenvalue weighted by Gasteiger charge is -2.25. The fourth-order valence-electron chi connectivity index (χ4n) is 3.13. The van der Waals surface area contributed by atoms with E-state index in [1.165, 1.54) is 36.4 Å². The average Bonchev–Trinajstić information content (AvgIpc) is 2.78. The number of ether oxygens (including phenoxy) is 2. The van der Waals surface area contributed by atoms with Gasteiger partial charge in [0.2, 0.25) is 5.91 Å². The smallest absolute Gasteiger partial charge is 0.264 e. The Morgan fingerprint density at radius 1 is 1.00 bits per heavy atom. The lowest BCUT2D eigenvalue weighted by Crippen LogP contribution is -2.38. The van der Waals surface area contributed by atoms with Crippen LogP contribution < -0.4 is 19.1 Å². The second kappa shape index (κ2) is 9.05. The minimum Gasteiger partial charge on any atom is -0.486 e. The zero-order valence-corrected chi connectivity index (χ0v) is 18.2. The fraction of sp³-hybridized carbons (Fsp3) is 0.136. The molecule has 32 heavy (non-hydrogen) atoms. The summed E-state index contributed by atoms with van der Waals surface area (Å²) in [5.74, 6) is -0.409. The number of sulfonamides is 1. The second-order valence-corrected chi connectivity index (χ2v) is 9.15. The zero-order chi connectivity index (χ0) is 22.7. The third kappa shape index (κ3) is 4.79. The van der Waals surface area contributed by atoms with Crippen molar-refractivity contribution in [2.45, 2.75) is 4.90 Å². The lowest BCUT2D eigenvalue weighted by atomic mass is 10.3. The van der Waals surface area contributed by atoms with Crippen LogP contribution in [0.1, 0.15) is 0 Å². The van der Waals surface area contributed by atoms with Crippen LogP contribution in [0.3, 0.4) is 0 Å². The quantitative estimate of drug-likeness (QED) is 0.579. The van der Waals surface area contributed by atoms with Crippen molar-refractivity contribution in [3.05, 3.63) is 77.6 Å². The van der Waals surface area contributed by atoms with Crippen LogP contribution in [0.4, 0.5) is 15.8 Å². The molecule has 0 fully saturated rings. The molecule has 1 amide bonds. The largest absolute Gasteiger partial charge is 0.486 e. The molecule has 7 nitrogen and oxygen atoms in total. The number of hydrogen-bond donors (Lipinski definition) is 1. The van der Waals surface area contributed by atoms with E-state index in [1.807, 2.05) is 0 Å². The van der Waals surface area contributed by atoms with Gasteiger partial charge in [0.25, 0.3) is 10.0 Å². The van der Waals surface area contributed by atoms with Gasteiger partial charge in [-0.3, -0.25) is 9.10 Å². The molecular formula is C22H18ClFN2O5S. The SMILES string of the molecule is O=C(CN(c1ccc(F)cc1)S(=O)(=O)c1ccc2c(c1)OCCO2)Nc1cccc(Cl)c1. The van der Waals surface area contributed by atoms with Crippen LogP contribution >= 0.6 is 11.6 Å². The molecule has 1 aliphatic rings. The number of nitrogens with zero attached hydrogens (tertiary/aromatic N) is 1. The van der Waals surface area contributed by atoms with Crippen molar-refractivity contribution in [1.82, 2.24) is 0 Å². The molecule has 0 spiro atoms. The second-order valence-electron chi connectivity index (χ2n) is 6.85. The molecule has 3 aromatic carbocycles. The van der Waals surface area contributed by atoms with E-state index in [9.17, 15) is 17.6 Å². The van der Waals surface area contributed by atoms with Gasteiger partial charge in [-0.05, 0) is 54.6 Å². The summed E-state index contributed by atoms with van der Waals surface area (Å²) in [4.78, 5) is 12.6. The van der Waals surface area contributed by atoms with Gasteiger partial charge in [0.15, 0.2) is 11.5 Å². The van der Waals surface area contributed by atoms with Gasteiger partial charge in [0, 0.05) is 16.8 Å². The van der Waals surface area contributed by atoms with Crippen LogP contribution in [-0.4, -0.2) is 34.1 Å². The summed E-state index contributed by atoms with van der Waals surface area (Å²) in [6.07, 6.45) is 0. The highest BCUT2D eigenvalue weighted by Gasteiger charge is 2.29. The normalized spacial score (nSPS) is 12.8. The number of benzene rings is 3. The Morgan fingerprint density at radius 3 is 2.44 bits per heavy atom. The van der Waals surface area contributed by atoms with E-state index in [0.29, 0.717) is 35.4 Å². The van der Waals surface area contributed by atoms with Crippen molar-refractivity contribution >= 4 is 38.9 Å². The first kappa shape index (κ1) is 21.9. The maximum Gasteiger partial charge on any atom is 0.264 e. The first-order valence-corrected chi connectivity index (χ1v) is 11.4. The van der Waals surface area contributed by atoms with Crippen LogP contribution in [0.25, 0.3) is 0 Å². The van der Waals surface area contributed by atoms with Crippen molar-refractivity contribution < 1.29 is 27.1 Å². The van der Waals surface area contributed by atoms with Crippen LogP contribution in [0.5, 0.6) is 11.5 Å². The van der Waals surface area contributed by atoms with Crippen molar-refractivity contribution in [2.75, 3.05) is 29.4 Å². The molecule has 0 atom stereocenters. The summed E-state index contributed by atoms with van der Waals surface area (Å²) >= 11 is 5.94. The number of carbonyl (C=O) groups is 1. The summed E-state index contributed by atoms with van der Waals surface area (Å²) in [5.41, 5.74) is 0.542. The summed E-state index contributed by atoms with van der Waals surface area (Å²) < 4.78 is 52.2. The molecule has 166 valence electrons. The van der Waals surface area contributed by atoms with Crippen molar-refractivity contribution in [3.63, 3.8) is 0 Å². The minimum absolute atomic E-state index is 0.0957. The van der Waals surface area contributed by atoms with Crippen molar-refractivity contribution in [1.29, 1.82) is 0 Å². The van der Waals surface area contributed by atoms with E-state index in [4.69, 9.17) is 21.1 Å². The molecule has 0 saturated carbocycles. The predicted octanol–water partition coefficient (Wildman–Crippen LogP) is 4.08. The maximum atomic E-state index is 13.5. The highest BCUT2D eigenvalue weighted by Crippen LogP contribution is 2.34. The third-order valence-corrected chi connectivity index (χ3v) is 6.62. The third-order valence-electron chi connectivity index (χ3n) is 4.61. The molecule has 4 rings (SSSR count). The van der Waals surface area contributed by atoms with Gasteiger partial charge in [-0.15, -0.1) is 0 Å². The van der Waals surface area contributed by atoms with Crippen molar-refractivity contribution in [2.24, 2.45) is 0 Å². The molecule has 0 aliphatic carbocycles. The molecule has 0 bridgehead atoms. The number of nitrogens with one attached hydrogen (secondary N) is 1. The fourth-order valence-corrected chi connectivity index (χ4v) is 4.76. The number of rotatable bonds is 6. The Bertz CT molecular complexity index is 1250. The van der Waals surface area contributed by atoms with Crippen LogP contribution in [-0.2, 0) is 14.8 Å². The van der Waals surface area contributed by atoms with Gasteiger partial charge in [-0.1, -0.05) is 17.7 Å². The number of hydrogen-bond acceptors (Lipinski definition) is 5. The number of carbonyl (C=O) groups excluding carboxylic acids is 1. The summed E-state index contributed by atoms with van der Waals surface area (Å²) in [6.45, 7) is 0.111. The summed E-state index contributed by atoms with van der Waals surface area (Å²) in [7, 11) is -4.21. The number of halogens is 2. The van der Waals surface area contributed by atoms with E-state index >= 15 is 0 Å². The first-order chi connectivity index (χ1) is 15.3. The Morgan fingerprint density at radius 2 is 1.72 bits per heavy atom. The average molecular weight is 477 g/mol. The molecule has 0 unspecified atom stereocenters. The van der Waals surface area contributed by atoms with Gasteiger partial charge >= 0.3 is 0 Å². The lowest BCUT2D eigenvalue weighted by molar-refractivity contribution is -0.114. The van der Waals surface area contributed by atoms with E-state index in [2.05, 4.69) is 5.32 Å². The van der Waals surface area contributed by atoms with Gasteiger partial charge in [-0.25, -0.2) is 12.8 Å².